The highest BCUT2D eigenvalue weighted by Gasteiger charge is 2.11. The molecule has 21 heavy (non-hydrogen) atoms. The number of carboxylic acid groups (broad SMARTS) is 1. The fourth-order valence-electron chi connectivity index (χ4n) is 1.97. The summed E-state index contributed by atoms with van der Waals surface area (Å²) in [7, 11) is 0. The molecule has 1 heterocycles. The molecular formula is C15H11FN2O2S. The van der Waals surface area contributed by atoms with Gasteiger partial charge in [0.15, 0.2) is 5.16 Å². The Hall–Kier alpha value is -2.34. The third kappa shape index (κ3) is 2.90. The fraction of sp³-hybridized carbons (Fsp3) is 0.0667. The number of rotatable bonds is 4. The number of carboxylic acids is 1. The minimum absolute atomic E-state index is 0.313. The summed E-state index contributed by atoms with van der Waals surface area (Å²) in [4.78, 5) is 18.3. The second kappa shape index (κ2) is 5.57. The number of nitrogens with zero attached hydrogens (tertiary/aromatic N) is 1. The first-order chi connectivity index (χ1) is 10.1. The molecule has 0 spiro atoms. The van der Waals surface area contributed by atoms with Gasteiger partial charge in [0.2, 0.25) is 0 Å². The Morgan fingerprint density at radius 1 is 1.29 bits per heavy atom. The van der Waals surface area contributed by atoms with E-state index in [-0.39, 0.29) is 5.56 Å². The molecule has 0 bridgehead atoms. The van der Waals surface area contributed by atoms with Crippen LogP contribution in [-0.4, -0.2) is 21.0 Å². The number of aromatic carboxylic acids is 1. The number of halogens is 1. The van der Waals surface area contributed by atoms with Gasteiger partial charge < -0.3 is 10.1 Å². The first kappa shape index (κ1) is 13.6. The molecule has 0 unspecified atom stereocenters. The smallest absolute Gasteiger partial charge is 0.338 e. The van der Waals surface area contributed by atoms with Crippen LogP contribution >= 0.6 is 11.8 Å². The van der Waals surface area contributed by atoms with Crippen LogP contribution < -0.4 is 0 Å². The average molecular weight is 302 g/mol. The molecule has 0 radical (unpaired) electrons. The molecule has 0 aliphatic heterocycles. The van der Waals surface area contributed by atoms with E-state index in [1.165, 1.54) is 23.9 Å². The van der Waals surface area contributed by atoms with Gasteiger partial charge in [-0.1, -0.05) is 30.0 Å². The second-order valence-corrected chi connectivity index (χ2v) is 5.43. The first-order valence-electron chi connectivity index (χ1n) is 6.23. The van der Waals surface area contributed by atoms with Crippen molar-refractivity contribution < 1.29 is 14.3 Å². The van der Waals surface area contributed by atoms with Gasteiger partial charge in [0.05, 0.1) is 16.6 Å². The van der Waals surface area contributed by atoms with Gasteiger partial charge in [-0.15, -0.1) is 0 Å². The fourth-order valence-corrected chi connectivity index (χ4v) is 2.80. The summed E-state index contributed by atoms with van der Waals surface area (Å²) in [6.45, 7) is 0. The van der Waals surface area contributed by atoms with E-state index in [2.05, 4.69) is 9.97 Å². The van der Waals surface area contributed by atoms with E-state index < -0.39 is 11.8 Å². The lowest BCUT2D eigenvalue weighted by Gasteiger charge is -2.02. The summed E-state index contributed by atoms with van der Waals surface area (Å²) in [6.07, 6.45) is 0. The van der Waals surface area contributed by atoms with Gasteiger partial charge in [-0.3, -0.25) is 0 Å². The van der Waals surface area contributed by atoms with Gasteiger partial charge in [-0.25, -0.2) is 14.2 Å². The lowest BCUT2D eigenvalue weighted by Crippen LogP contribution is -2.00. The van der Waals surface area contributed by atoms with Gasteiger partial charge >= 0.3 is 5.97 Å². The van der Waals surface area contributed by atoms with Crippen LogP contribution in [0.25, 0.3) is 11.0 Å². The Morgan fingerprint density at radius 2 is 2.10 bits per heavy atom. The van der Waals surface area contributed by atoms with Crippen LogP contribution in [0.15, 0.2) is 47.6 Å². The Labute approximate surface area is 124 Å². The summed E-state index contributed by atoms with van der Waals surface area (Å²) in [5.41, 5.74) is 2.23. The van der Waals surface area contributed by atoms with E-state index >= 15 is 0 Å². The number of nitrogens with one attached hydrogen (secondary N) is 1. The lowest BCUT2D eigenvalue weighted by atomic mass is 10.1. The zero-order chi connectivity index (χ0) is 14.8. The van der Waals surface area contributed by atoms with E-state index in [0.717, 1.165) is 16.2 Å². The lowest BCUT2D eigenvalue weighted by molar-refractivity contribution is 0.0692. The Morgan fingerprint density at radius 3 is 2.81 bits per heavy atom. The van der Waals surface area contributed by atoms with Crippen LogP contribution in [0, 0.1) is 5.82 Å². The molecule has 0 aliphatic carbocycles. The molecule has 0 fully saturated rings. The summed E-state index contributed by atoms with van der Waals surface area (Å²) >= 11 is 1.44. The van der Waals surface area contributed by atoms with E-state index in [9.17, 15) is 9.18 Å². The Balaban J connectivity index is 1.75. The van der Waals surface area contributed by atoms with Crippen molar-refractivity contribution in [1.29, 1.82) is 0 Å². The van der Waals surface area contributed by atoms with Crippen molar-refractivity contribution in [3.05, 3.63) is 59.4 Å². The molecule has 2 aromatic carbocycles. The minimum atomic E-state index is -1.26. The maximum Gasteiger partial charge on any atom is 0.338 e. The van der Waals surface area contributed by atoms with Gasteiger partial charge in [0, 0.05) is 5.75 Å². The number of benzene rings is 2. The van der Waals surface area contributed by atoms with E-state index in [4.69, 9.17) is 5.11 Å². The van der Waals surface area contributed by atoms with Gasteiger partial charge in [-0.05, 0) is 29.8 Å². The maximum absolute atomic E-state index is 13.6. The molecule has 0 saturated heterocycles. The van der Waals surface area contributed by atoms with Crippen molar-refractivity contribution >= 4 is 28.8 Å². The van der Waals surface area contributed by atoms with Crippen molar-refractivity contribution in [2.24, 2.45) is 0 Å². The standard InChI is InChI=1S/C15H11FN2O2S/c16-11-7-9(5-6-10(11)14(19)20)8-21-15-17-12-3-1-2-4-13(12)18-15/h1-7H,8H2,(H,17,18)(H,19,20). The van der Waals surface area contributed by atoms with Crippen LogP contribution in [0.2, 0.25) is 0 Å². The molecule has 2 N–H and O–H groups in total. The number of aromatic nitrogens is 2. The predicted octanol–water partition coefficient (Wildman–Crippen LogP) is 3.69. The van der Waals surface area contributed by atoms with Gasteiger partial charge in [-0.2, -0.15) is 0 Å². The number of carbonyl (C=O) groups is 1. The highest BCUT2D eigenvalue weighted by atomic mass is 32.2. The third-order valence-corrected chi connectivity index (χ3v) is 3.95. The third-order valence-electron chi connectivity index (χ3n) is 3.01. The molecule has 0 aliphatic rings. The number of hydrogen-bond donors (Lipinski definition) is 2. The van der Waals surface area contributed by atoms with Crippen molar-refractivity contribution in [1.82, 2.24) is 9.97 Å². The van der Waals surface area contributed by atoms with Crippen molar-refractivity contribution in [2.75, 3.05) is 0 Å². The van der Waals surface area contributed by atoms with Crippen LogP contribution in [0.4, 0.5) is 4.39 Å². The van der Waals surface area contributed by atoms with E-state index in [0.29, 0.717) is 11.3 Å². The normalized spacial score (nSPS) is 10.9. The molecule has 3 aromatic rings. The van der Waals surface area contributed by atoms with Crippen LogP contribution in [0.3, 0.4) is 0 Å². The number of hydrogen-bond acceptors (Lipinski definition) is 3. The zero-order valence-corrected chi connectivity index (χ0v) is 11.7. The molecule has 4 nitrogen and oxygen atoms in total. The second-order valence-electron chi connectivity index (χ2n) is 4.47. The van der Waals surface area contributed by atoms with Crippen molar-refractivity contribution in [3.63, 3.8) is 0 Å². The summed E-state index contributed by atoms with van der Waals surface area (Å²) in [6, 6.07) is 11.8. The number of H-pyrrole nitrogens is 1. The van der Waals surface area contributed by atoms with Crippen molar-refractivity contribution in [3.8, 4) is 0 Å². The number of fused-ring (bicyclic) bond motifs is 1. The molecule has 106 valence electrons. The molecular weight excluding hydrogens is 291 g/mol. The molecule has 1 aromatic heterocycles. The van der Waals surface area contributed by atoms with E-state index in [1.807, 2.05) is 24.3 Å². The quantitative estimate of drug-likeness (QED) is 0.721. The summed E-state index contributed by atoms with van der Waals surface area (Å²) in [5, 5.41) is 9.53. The Bertz CT molecular complexity index is 783. The largest absolute Gasteiger partial charge is 0.478 e. The predicted molar refractivity (Wildman–Crippen MR) is 79.0 cm³/mol. The number of imidazole rings is 1. The Kier molecular flexibility index (Phi) is 3.62. The minimum Gasteiger partial charge on any atom is -0.478 e. The zero-order valence-electron chi connectivity index (χ0n) is 10.8. The highest BCUT2D eigenvalue weighted by molar-refractivity contribution is 7.98. The first-order valence-corrected chi connectivity index (χ1v) is 7.21. The molecule has 0 amide bonds. The van der Waals surface area contributed by atoms with Crippen molar-refractivity contribution in [2.45, 2.75) is 10.9 Å². The SMILES string of the molecule is O=C(O)c1ccc(CSc2nc3ccccc3[nH]2)cc1F. The van der Waals surface area contributed by atoms with Crippen LogP contribution in [0.1, 0.15) is 15.9 Å². The molecule has 6 heteroatoms. The monoisotopic (exact) mass is 302 g/mol. The number of thioether (sulfide) groups is 1. The highest BCUT2D eigenvalue weighted by Crippen LogP contribution is 2.23. The topological polar surface area (TPSA) is 66.0 Å². The molecule has 0 atom stereocenters. The molecule has 3 rings (SSSR count). The van der Waals surface area contributed by atoms with E-state index in [1.54, 1.807) is 6.07 Å². The summed E-state index contributed by atoms with van der Waals surface area (Å²) < 4.78 is 13.6. The number of para-hydroxylation sites is 2. The summed E-state index contributed by atoms with van der Waals surface area (Å²) in [5.74, 6) is -1.47. The average Bonchev–Trinajstić information content (AvgIpc) is 2.87. The van der Waals surface area contributed by atoms with Crippen LogP contribution in [0.5, 0.6) is 0 Å². The maximum atomic E-state index is 13.6. The van der Waals surface area contributed by atoms with Gasteiger partial charge in [0.1, 0.15) is 5.82 Å². The van der Waals surface area contributed by atoms with Gasteiger partial charge in [0.25, 0.3) is 0 Å². The van der Waals surface area contributed by atoms with Crippen LogP contribution in [-0.2, 0) is 5.75 Å². The molecule has 0 saturated carbocycles. The number of aromatic amines is 1.